The van der Waals surface area contributed by atoms with Crippen LogP contribution in [0.25, 0.3) is 0 Å². The molecule has 182 valence electrons. The van der Waals surface area contributed by atoms with Crippen LogP contribution in [0.3, 0.4) is 0 Å². The molecule has 1 aliphatic heterocycles. The van der Waals surface area contributed by atoms with Gasteiger partial charge in [-0.3, -0.25) is 14.4 Å². The molecule has 9 heteroatoms. The van der Waals surface area contributed by atoms with Gasteiger partial charge in [-0.2, -0.15) is 5.10 Å². The molecule has 1 fully saturated rings. The average molecular weight is 481 g/mol. The zero-order valence-corrected chi connectivity index (χ0v) is 20.4. The van der Waals surface area contributed by atoms with Gasteiger partial charge in [-0.25, -0.2) is 13.8 Å². The van der Waals surface area contributed by atoms with E-state index < -0.39 is 12.5 Å². The van der Waals surface area contributed by atoms with Crippen LogP contribution in [0, 0.1) is 18.8 Å². The normalized spacial score (nSPS) is 21.7. The Kier molecular flexibility index (Phi) is 7.79. The van der Waals surface area contributed by atoms with Gasteiger partial charge in [0.25, 0.3) is 11.1 Å². The number of fused-ring (bicyclic) bond motifs is 1. The molecule has 0 saturated heterocycles. The van der Waals surface area contributed by atoms with E-state index in [1.807, 2.05) is 19.2 Å². The summed E-state index contributed by atoms with van der Waals surface area (Å²) in [4.78, 5) is 20.4. The quantitative estimate of drug-likeness (QED) is 0.484. The molecule has 2 aromatic heterocycles. The fraction of sp³-hybridized carbons (Fsp3) is 0.708. The molecule has 1 aliphatic carbocycles. The summed E-state index contributed by atoms with van der Waals surface area (Å²) in [6.45, 7) is 5.34. The molecule has 0 aromatic carbocycles. The first-order chi connectivity index (χ1) is 15.7. The monoisotopic (exact) mass is 480 g/mol. The molecular weight excluding hydrogens is 446 g/mol. The van der Waals surface area contributed by atoms with E-state index in [1.54, 1.807) is 4.68 Å². The number of ketones is 1. The Morgan fingerprint density at radius 3 is 2.73 bits per heavy atom. The van der Waals surface area contributed by atoms with Crippen molar-refractivity contribution in [2.75, 3.05) is 19.7 Å². The van der Waals surface area contributed by atoms with Gasteiger partial charge >= 0.3 is 0 Å². The lowest BCUT2D eigenvalue weighted by Gasteiger charge is -2.31. The average Bonchev–Trinajstić information content (AvgIpc) is 3.36. The molecule has 0 unspecified atom stereocenters. The van der Waals surface area contributed by atoms with E-state index in [0.29, 0.717) is 30.0 Å². The van der Waals surface area contributed by atoms with Crippen molar-refractivity contribution in [3.8, 4) is 5.19 Å². The Labute approximate surface area is 198 Å². The fourth-order valence-electron chi connectivity index (χ4n) is 4.88. The van der Waals surface area contributed by atoms with Crippen molar-refractivity contribution in [2.24, 2.45) is 11.8 Å². The fourth-order valence-corrected chi connectivity index (χ4v) is 5.78. The van der Waals surface area contributed by atoms with E-state index in [2.05, 4.69) is 15.0 Å². The van der Waals surface area contributed by atoms with Gasteiger partial charge in [-0.05, 0) is 57.1 Å². The Balaban J connectivity index is 1.15. The topological polar surface area (TPSA) is 60.2 Å². The minimum atomic E-state index is -2.84. The highest BCUT2D eigenvalue weighted by atomic mass is 32.1. The summed E-state index contributed by atoms with van der Waals surface area (Å²) in [5.74, 6) is -1.34. The molecule has 0 bridgehead atoms. The highest BCUT2D eigenvalue weighted by molar-refractivity contribution is 7.13. The van der Waals surface area contributed by atoms with Crippen LogP contribution in [0.5, 0.6) is 5.19 Å². The number of halogens is 2. The number of hydrogen-bond donors (Lipinski definition) is 0. The van der Waals surface area contributed by atoms with Crippen LogP contribution in [-0.4, -0.2) is 51.1 Å². The molecule has 0 atom stereocenters. The predicted octanol–water partition coefficient (Wildman–Crippen LogP) is 4.90. The Hall–Kier alpha value is -1.87. The van der Waals surface area contributed by atoms with Gasteiger partial charge in [0.2, 0.25) is 0 Å². The van der Waals surface area contributed by atoms with Crippen LogP contribution in [0.15, 0.2) is 12.3 Å². The highest BCUT2D eigenvalue weighted by Crippen LogP contribution is 2.34. The van der Waals surface area contributed by atoms with Crippen LogP contribution in [0.4, 0.5) is 8.78 Å². The highest BCUT2D eigenvalue weighted by Gasteiger charge is 2.27. The molecule has 6 nitrogen and oxygen atoms in total. The number of aromatic nitrogens is 3. The number of nitrogens with zero attached hydrogens (tertiary/aromatic N) is 4. The number of carbonyl (C=O) groups excluding carboxylic acids is 1. The van der Waals surface area contributed by atoms with Crippen molar-refractivity contribution in [2.45, 2.75) is 77.8 Å². The Morgan fingerprint density at radius 2 is 2.03 bits per heavy atom. The van der Waals surface area contributed by atoms with Crippen molar-refractivity contribution in [1.29, 1.82) is 0 Å². The van der Waals surface area contributed by atoms with Crippen LogP contribution < -0.4 is 4.74 Å². The van der Waals surface area contributed by atoms with Gasteiger partial charge in [0, 0.05) is 37.5 Å². The largest absolute Gasteiger partial charge is 0.464 e. The molecule has 2 aromatic rings. The maximum atomic E-state index is 13.0. The number of Topliss-reactive ketones (excluding diaryl/α,β-unsaturated/α-hetero) is 1. The van der Waals surface area contributed by atoms with Gasteiger partial charge < -0.3 is 4.74 Å². The maximum Gasteiger partial charge on any atom is 0.278 e. The molecule has 3 heterocycles. The second-order valence-electron chi connectivity index (χ2n) is 9.81. The number of rotatable bonds is 10. The molecule has 0 amide bonds. The second kappa shape index (κ2) is 10.6. The summed E-state index contributed by atoms with van der Waals surface area (Å²) in [5.41, 5.74) is 1.92. The van der Waals surface area contributed by atoms with E-state index >= 15 is 0 Å². The van der Waals surface area contributed by atoms with Crippen LogP contribution in [0.1, 0.15) is 61.7 Å². The zero-order chi connectivity index (χ0) is 23.4. The zero-order valence-electron chi connectivity index (χ0n) is 19.6. The maximum absolute atomic E-state index is 13.0. The van der Waals surface area contributed by atoms with Crippen molar-refractivity contribution in [3.63, 3.8) is 0 Å². The predicted molar refractivity (Wildman–Crippen MR) is 124 cm³/mol. The van der Waals surface area contributed by atoms with Gasteiger partial charge in [0.1, 0.15) is 0 Å². The smallest absolute Gasteiger partial charge is 0.278 e. The summed E-state index contributed by atoms with van der Waals surface area (Å²) in [6, 6.07) is 1.93. The molecule has 0 spiro atoms. The van der Waals surface area contributed by atoms with E-state index in [-0.39, 0.29) is 5.78 Å². The third kappa shape index (κ3) is 7.30. The number of hydrogen-bond acceptors (Lipinski definition) is 6. The van der Waals surface area contributed by atoms with Crippen molar-refractivity contribution < 1.29 is 18.3 Å². The standard InChI is InChI=1S/C24H34F2N4O2S/c1-17-7-12-30(28-17)14-20(31)13-19-5-3-18(4-6-19)8-10-29-11-9-22-21(15-29)27-23(33-22)32-16-24(2,25)26/h7,12,18-19H,3-6,8-11,13-16H2,1-2H3. The van der Waals surface area contributed by atoms with Crippen molar-refractivity contribution in [1.82, 2.24) is 19.7 Å². The summed E-state index contributed by atoms with van der Waals surface area (Å²) >= 11 is 1.40. The third-order valence-corrected chi connectivity index (χ3v) is 7.75. The molecule has 0 N–H and O–H groups in total. The number of ether oxygens (including phenoxy) is 1. The summed E-state index contributed by atoms with van der Waals surface area (Å²) < 4.78 is 33.0. The summed E-state index contributed by atoms with van der Waals surface area (Å²) in [5, 5.41) is 4.67. The summed E-state index contributed by atoms with van der Waals surface area (Å²) in [6.07, 6.45) is 9.26. The van der Waals surface area contributed by atoms with E-state index in [4.69, 9.17) is 4.74 Å². The minimum absolute atomic E-state index is 0.278. The minimum Gasteiger partial charge on any atom is -0.464 e. The number of thiazole rings is 1. The lowest BCUT2D eigenvalue weighted by Crippen LogP contribution is -2.32. The Morgan fingerprint density at radius 1 is 1.27 bits per heavy atom. The Bertz CT molecular complexity index is 931. The second-order valence-corrected chi connectivity index (χ2v) is 10.9. The third-order valence-electron chi connectivity index (χ3n) is 6.68. The van der Waals surface area contributed by atoms with Gasteiger partial charge in [-0.1, -0.05) is 24.2 Å². The lowest BCUT2D eigenvalue weighted by molar-refractivity contribution is -0.121. The molecule has 2 aliphatic rings. The van der Waals surface area contributed by atoms with E-state index in [1.165, 1.54) is 24.2 Å². The van der Waals surface area contributed by atoms with E-state index in [9.17, 15) is 13.6 Å². The first-order valence-corrected chi connectivity index (χ1v) is 12.8. The number of aryl methyl sites for hydroxylation is 1. The van der Waals surface area contributed by atoms with Gasteiger partial charge in [-0.15, -0.1) is 0 Å². The van der Waals surface area contributed by atoms with Gasteiger partial charge in [0.15, 0.2) is 12.4 Å². The number of carbonyl (C=O) groups is 1. The SMILES string of the molecule is Cc1ccn(CC(=O)CC2CCC(CCN3CCc4sc(OCC(C)(F)F)nc4C3)CC2)n1. The molecule has 4 rings (SSSR count). The van der Waals surface area contributed by atoms with Crippen LogP contribution in [0.2, 0.25) is 0 Å². The lowest BCUT2D eigenvalue weighted by atomic mass is 9.78. The molecular formula is C24H34F2N4O2S. The van der Waals surface area contributed by atoms with Gasteiger partial charge in [0.05, 0.1) is 17.9 Å². The first-order valence-electron chi connectivity index (χ1n) is 12.0. The first kappa shape index (κ1) is 24.3. The van der Waals surface area contributed by atoms with Crippen LogP contribution in [-0.2, 0) is 24.3 Å². The number of alkyl halides is 2. The molecule has 33 heavy (non-hydrogen) atoms. The van der Waals surface area contributed by atoms with Crippen molar-refractivity contribution >= 4 is 17.1 Å². The van der Waals surface area contributed by atoms with E-state index in [0.717, 1.165) is 68.5 Å². The molecule has 1 saturated carbocycles. The molecule has 0 radical (unpaired) electrons. The summed E-state index contributed by atoms with van der Waals surface area (Å²) in [7, 11) is 0. The van der Waals surface area contributed by atoms with Crippen LogP contribution >= 0.6 is 11.3 Å². The van der Waals surface area contributed by atoms with Crippen molar-refractivity contribution in [3.05, 3.63) is 28.5 Å².